The summed E-state index contributed by atoms with van der Waals surface area (Å²) in [6.07, 6.45) is 7.56. The number of carbonyl (C=O) groups is 1. The zero-order chi connectivity index (χ0) is 14.2. The molecule has 1 aromatic carbocycles. The van der Waals surface area contributed by atoms with E-state index in [2.05, 4.69) is 41.8 Å². The van der Waals surface area contributed by atoms with Crippen molar-refractivity contribution in [1.82, 2.24) is 10.6 Å². The van der Waals surface area contributed by atoms with Gasteiger partial charge in [-0.15, -0.1) is 0 Å². The SMILES string of the molecule is C/C(=C\NC(=O)NCCCCc1ccccc1)C1CC1. The van der Waals surface area contributed by atoms with Gasteiger partial charge >= 0.3 is 6.03 Å². The lowest BCUT2D eigenvalue weighted by atomic mass is 10.1. The Kier molecular flexibility index (Phi) is 5.66. The first-order valence-corrected chi connectivity index (χ1v) is 7.50. The van der Waals surface area contributed by atoms with Crippen molar-refractivity contribution in [2.45, 2.75) is 39.0 Å². The van der Waals surface area contributed by atoms with E-state index >= 15 is 0 Å². The topological polar surface area (TPSA) is 41.1 Å². The van der Waals surface area contributed by atoms with Gasteiger partial charge < -0.3 is 10.6 Å². The van der Waals surface area contributed by atoms with Gasteiger partial charge in [0.1, 0.15) is 0 Å². The molecule has 0 aliphatic heterocycles. The number of hydrogen-bond acceptors (Lipinski definition) is 1. The number of carbonyl (C=O) groups excluding carboxylic acids is 1. The monoisotopic (exact) mass is 272 g/mol. The van der Waals surface area contributed by atoms with Gasteiger partial charge in [0.2, 0.25) is 0 Å². The number of aryl methyl sites for hydroxylation is 1. The molecule has 0 bridgehead atoms. The van der Waals surface area contributed by atoms with E-state index in [1.54, 1.807) is 0 Å². The summed E-state index contributed by atoms with van der Waals surface area (Å²) >= 11 is 0. The Morgan fingerprint density at radius 1 is 1.25 bits per heavy atom. The van der Waals surface area contributed by atoms with Crippen LogP contribution in [0.4, 0.5) is 4.79 Å². The molecule has 0 spiro atoms. The van der Waals surface area contributed by atoms with Crippen LogP contribution in [0.2, 0.25) is 0 Å². The molecule has 3 heteroatoms. The molecule has 2 N–H and O–H groups in total. The molecule has 0 saturated heterocycles. The third kappa shape index (κ3) is 5.47. The van der Waals surface area contributed by atoms with Crippen LogP contribution < -0.4 is 10.6 Å². The maximum atomic E-state index is 11.6. The summed E-state index contributed by atoms with van der Waals surface area (Å²) in [7, 11) is 0. The number of hydrogen-bond donors (Lipinski definition) is 2. The number of unbranched alkanes of at least 4 members (excludes halogenated alkanes) is 1. The van der Waals surface area contributed by atoms with Crippen LogP contribution >= 0.6 is 0 Å². The number of allylic oxidation sites excluding steroid dienone is 1. The minimum atomic E-state index is -0.0929. The summed E-state index contributed by atoms with van der Waals surface area (Å²) in [4.78, 5) is 11.6. The predicted molar refractivity (Wildman–Crippen MR) is 82.4 cm³/mol. The van der Waals surface area contributed by atoms with Gasteiger partial charge in [-0.3, -0.25) is 0 Å². The largest absolute Gasteiger partial charge is 0.338 e. The van der Waals surface area contributed by atoms with Crippen LogP contribution in [0, 0.1) is 5.92 Å². The lowest BCUT2D eigenvalue weighted by Crippen LogP contribution is -2.33. The summed E-state index contributed by atoms with van der Waals surface area (Å²) < 4.78 is 0. The first-order chi connectivity index (χ1) is 9.75. The van der Waals surface area contributed by atoms with Crippen LogP contribution in [-0.2, 0) is 6.42 Å². The van der Waals surface area contributed by atoms with Gasteiger partial charge in [-0.25, -0.2) is 4.79 Å². The van der Waals surface area contributed by atoms with Crippen LogP contribution in [0.1, 0.15) is 38.2 Å². The van der Waals surface area contributed by atoms with Crippen molar-refractivity contribution in [3.05, 3.63) is 47.7 Å². The first kappa shape index (κ1) is 14.6. The molecule has 1 aliphatic rings. The van der Waals surface area contributed by atoms with E-state index in [0.29, 0.717) is 5.92 Å². The third-order valence-corrected chi connectivity index (χ3v) is 3.67. The molecule has 0 unspecified atom stereocenters. The molecule has 0 heterocycles. The van der Waals surface area contributed by atoms with E-state index < -0.39 is 0 Å². The fraction of sp³-hybridized carbons (Fsp3) is 0.471. The Hall–Kier alpha value is -1.77. The van der Waals surface area contributed by atoms with Crippen molar-refractivity contribution in [2.75, 3.05) is 6.54 Å². The van der Waals surface area contributed by atoms with Gasteiger partial charge in [0.05, 0.1) is 0 Å². The van der Waals surface area contributed by atoms with Gasteiger partial charge in [-0.1, -0.05) is 35.9 Å². The Morgan fingerprint density at radius 3 is 2.70 bits per heavy atom. The van der Waals surface area contributed by atoms with Gasteiger partial charge in [-0.2, -0.15) is 0 Å². The van der Waals surface area contributed by atoms with E-state index in [9.17, 15) is 4.79 Å². The molecule has 1 saturated carbocycles. The second-order valence-corrected chi connectivity index (χ2v) is 5.51. The normalized spacial score (nSPS) is 14.9. The smallest absolute Gasteiger partial charge is 0.318 e. The summed E-state index contributed by atoms with van der Waals surface area (Å²) in [6.45, 7) is 2.81. The van der Waals surface area contributed by atoms with Crippen LogP contribution in [-0.4, -0.2) is 12.6 Å². The number of rotatable bonds is 7. The van der Waals surface area contributed by atoms with Crippen LogP contribution in [0.25, 0.3) is 0 Å². The molecule has 1 fully saturated rings. The van der Waals surface area contributed by atoms with Crippen molar-refractivity contribution >= 4 is 6.03 Å². The molecule has 0 aromatic heterocycles. The van der Waals surface area contributed by atoms with Crippen LogP contribution in [0.3, 0.4) is 0 Å². The minimum Gasteiger partial charge on any atom is -0.338 e. The summed E-state index contributed by atoms with van der Waals surface area (Å²) in [5, 5.41) is 5.69. The zero-order valence-corrected chi connectivity index (χ0v) is 12.2. The quantitative estimate of drug-likeness (QED) is 0.731. The first-order valence-electron chi connectivity index (χ1n) is 7.50. The molecular weight excluding hydrogens is 248 g/mol. The molecule has 2 amide bonds. The highest BCUT2D eigenvalue weighted by Gasteiger charge is 2.22. The van der Waals surface area contributed by atoms with E-state index in [1.165, 1.54) is 24.0 Å². The van der Waals surface area contributed by atoms with E-state index in [4.69, 9.17) is 0 Å². The Morgan fingerprint density at radius 2 is 2.00 bits per heavy atom. The van der Waals surface area contributed by atoms with Gasteiger partial charge in [0.25, 0.3) is 0 Å². The van der Waals surface area contributed by atoms with Gasteiger partial charge in [-0.05, 0) is 50.5 Å². The Labute approximate surface area is 121 Å². The average molecular weight is 272 g/mol. The average Bonchev–Trinajstić information content (AvgIpc) is 3.30. The van der Waals surface area contributed by atoms with Crippen LogP contribution in [0.15, 0.2) is 42.1 Å². The molecule has 0 radical (unpaired) electrons. The van der Waals surface area contributed by atoms with Crippen molar-refractivity contribution in [2.24, 2.45) is 5.92 Å². The number of amides is 2. The number of nitrogens with one attached hydrogen (secondary N) is 2. The second kappa shape index (κ2) is 7.73. The van der Waals surface area contributed by atoms with Crippen molar-refractivity contribution in [3.8, 4) is 0 Å². The summed E-state index contributed by atoms with van der Waals surface area (Å²) in [5.41, 5.74) is 2.64. The predicted octanol–water partition coefficient (Wildman–Crippen LogP) is 3.62. The van der Waals surface area contributed by atoms with E-state index in [-0.39, 0.29) is 6.03 Å². The molecular formula is C17H24N2O. The molecule has 1 aromatic rings. The molecule has 1 aliphatic carbocycles. The maximum absolute atomic E-state index is 11.6. The minimum absolute atomic E-state index is 0.0929. The highest BCUT2D eigenvalue weighted by atomic mass is 16.2. The Bertz CT molecular complexity index is 449. The molecule has 3 nitrogen and oxygen atoms in total. The third-order valence-electron chi connectivity index (χ3n) is 3.67. The van der Waals surface area contributed by atoms with E-state index in [0.717, 1.165) is 25.8 Å². The maximum Gasteiger partial charge on any atom is 0.318 e. The zero-order valence-electron chi connectivity index (χ0n) is 12.2. The fourth-order valence-electron chi connectivity index (χ4n) is 2.19. The van der Waals surface area contributed by atoms with Crippen molar-refractivity contribution in [3.63, 3.8) is 0 Å². The van der Waals surface area contributed by atoms with Crippen LogP contribution in [0.5, 0.6) is 0 Å². The standard InChI is InChI=1S/C17H24N2O/c1-14(16-10-11-16)13-19-17(20)18-12-6-5-9-15-7-3-2-4-8-15/h2-4,7-8,13,16H,5-6,9-12H2,1H3,(H2,18,19,20)/b14-13+. The summed E-state index contributed by atoms with van der Waals surface area (Å²) in [6, 6.07) is 10.4. The van der Waals surface area contributed by atoms with Gasteiger partial charge in [0, 0.05) is 12.7 Å². The lowest BCUT2D eigenvalue weighted by Gasteiger charge is -2.06. The van der Waals surface area contributed by atoms with Crippen molar-refractivity contribution in [1.29, 1.82) is 0 Å². The second-order valence-electron chi connectivity index (χ2n) is 5.51. The lowest BCUT2D eigenvalue weighted by molar-refractivity contribution is 0.244. The Balaban J connectivity index is 1.52. The van der Waals surface area contributed by atoms with Gasteiger partial charge in [0.15, 0.2) is 0 Å². The fourth-order valence-corrected chi connectivity index (χ4v) is 2.19. The number of benzene rings is 1. The van der Waals surface area contributed by atoms with E-state index in [1.807, 2.05) is 12.3 Å². The molecule has 20 heavy (non-hydrogen) atoms. The highest BCUT2D eigenvalue weighted by molar-refractivity contribution is 5.74. The molecule has 2 rings (SSSR count). The summed E-state index contributed by atoms with van der Waals surface area (Å²) in [5.74, 6) is 0.709. The highest BCUT2D eigenvalue weighted by Crippen LogP contribution is 2.35. The molecule has 108 valence electrons. The number of urea groups is 1. The van der Waals surface area contributed by atoms with Crippen molar-refractivity contribution < 1.29 is 4.79 Å². The molecule has 0 atom stereocenters.